The first-order valence-corrected chi connectivity index (χ1v) is 10.3. The fraction of sp³-hybridized carbons (Fsp3) is 0.348. The molecule has 0 spiro atoms. The van der Waals surface area contributed by atoms with Crippen LogP contribution in [-0.4, -0.2) is 48.4 Å². The van der Waals surface area contributed by atoms with Crippen molar-refractivity contribution < 1.29 is 19.1 Å². The zero-order chi connectivity index (χ0) is 21.1. The van der Waals surface area contributed by atoms with Gasteiger partial charge in [-0.15, -0.1) is 0 Å². The van der Waals surface area contributed by atoms with Gasteiger partial charge in [0, 0.05) is 12.2 Å². The molecule has 1 fully saturated rings. The molecule has 2 aromatic carbocycles. The van der Waals surface area contributed by atoms with Gasteiger partial charge in [-0.2, -0.15) is 0 Å². The molecule has 2 aliphatic rings. The summed E-state index contributed by atoms with van der Waals surface area (Å²) >= 11 is 0. The van der Waals surface area contributed by atoms with Crippen LogP contribution in [0.1, 0.15) is 36.5 Å². The van der Waals surface area contributed by atoms with Gasteiger partial charge in [0.15, 0.2) is 0 Å². The van der Waals surface area contributed by atoms with E-state index in [1.807, 2.05) is 6.92 Å². The summed E-state index contributed by atoms with van der Waals surface area (Å²) in [6.45, 7) is 2.89. The van der Waals surface area contributed by atoms with Crippen molar-refractivity contribution >= 4 is 29.1 Å². The highest BCUT2D eigenvalue weighted by molar-refractivity contribution is 6.13. The van der Waals surface area contributed by atoms with Gasteiger partial charge in [-0.1, -0.05) is 12.1 Å². The molecule has 0 aliphatic carbocycles. The van der Waals surface area contributed by atoms with E-state index in [2.05, 4.69) is 5.32 Å². The standard InChI is InChI=1S/C23H25N3O4/c1-2-30-17-12-10-16(11-13-17)24-21(27)15-26-19-8-4-3-7-18(19)22(28)25-14-6-5-9-20(25)23(26)29/h3-4,7-8,10-13,20H,2,5-6,9,14-15H2,1H3,(H,24,27). The lowest BCUT2D eigenvalue weighted by molar-refractivity contribution is -0.125. The summed E-state index contributed by atoms with van der Waals surface area (Å²) in [6.07, 6.45) is 2.40. The van der Waals surface area contributed by atoms with Crippen molar-refractivity contribution in [3.8, 4) is 5.75 Å². The number of carbonyl (C=O) groups is 3. The normalized spacial score (nSPS) is 18.4. The van der Waals surface area contributed by atoms with E-state index in [0.717, 1.165) is 18.6 Å². The topological polar surface area (TPSA) is 79.0 Å². The van der Waals surface area contributed by atoms with E-state index in [4.69, 9.17) is 4.74 Å². The number of benzene rings is 2. The highest BCUT2D eigenvalue weighted by atomic mass is 16.5. The Morgan fingerprint density at radius 3 is 2.63 bits per heavy atom. The zero-order valence-corrected chi connectivity index (χ0v) is 17.0. The Balaban J connectivity index is 1.57. The summed E-state index contributed by atoms with van der Waals surface area (Å²) in [5, 5.41) is 2.83. The maximum atomic E-state index is 13.3. The van der Waals surface area contributed by atoms with E-state index in [0.29, 0.717) is 36.5 Å². The third-order valence-electron chi connectivity index (χ3n) is 5.49. The second kappa shape index (κ2) is 8.57. The molecule has 1 atom stereocenters. The molecule has 1 saturated heterocycles. The first-order valence-electron chi connectivity index (χ1n) is 10.3. The number of nitrogens with one attached hydrogen (secondary N) is 1. The Kier molecular flexibility index (Phi) is 5.70. The molecular formula is C23H25N3O4. The number of anilines is 2. The molecule has 0 saturated carbocycles. The molecule has 0 radical (unpaired) electrons. The number of rotatable bonds is 5. The fourth-order valence-electron chi connectivity index (χ4n) is 4.08. The molecule has 1 unspecified atom stereocenters. The minimum absolute atomic E-state index is 0.141. The minimum Gasteiger partial charge on any atom is -0.494 e. The number of fused-ring (bicyclic) bond motifs is 2. The number of para-hydroxylation sites is 1. The molecule has 3 amide bonds. The number of carbonyl (C=O) groups excluding carboxylic acids is 3. The highest BCUT2D eigenvalue weighted by Gasteiger charge is 2.40. The Hall–Kier alpha value is -3.35. The van der Waals surface area contributed by atoms with Crippen molar-refractivity contribution in [3.63, 3.8) is 0 Å². The summed E-state index contributed by atoms with van der Waals surface area (Å²) in [5.74, 6) is 0.0648. The first-order chi connectivity index (χ1) is 14.6. The van der Waals surface area contributed by atoms with Crippen molar-refractivity contribution in [2.75, 3.05) is 29.9 Å². The minimum atomic E-state index is -0.517. The summed E-state index contributed by atoms with van der Waals surface area (Å²) in [7, 11) is 0. The van der Waals surface area contributed by atoms with Gasteiger partial charge < -0.3 is 19.9 Å². The van der Waals surface area contributed by atoms with Gasteiger partial charge in [0.2, 0.25) is 11.8 Å². The smallest absolute Gasteiger partial charge is 0.256 e. The third-order valence-corrected chi connectivity index (χ3v) is 5.49. The van der Waals surface area contributed by atoms with Gasteiger partial charge in [0.25, 0.3) is 5.91 Å². The van der Waals surface area contributed by atoms with Gasteiger partial charge >= 0.3 is 0 Å². The maximum Gasteiger partial charge on any atom is 0.256 e. The molecule has 2 aliphatic heterocycles. The van der Waals surface area contributed by atoms with Crippen LogP contribution in [0.25, 0.3) is 0 Å². The van der Waals surface area contributed by atoms with Gasteiger partial charge in [0.1, 0.15) is 18.3 Å². The van der Waals surface area contributed by atoms with Crippen molar-refractivity contribution in [2.45, 2.75) is 32.2 Å². The molecule has 30 heavy (non-hydrogen) atoms. The molecule has 2 aromatic rings. The second-order valence-corrected chi connectivity index (χ2v) is 7.46. The Morgan fingerprint density at radius 2 is 1.87 bits per heavy atom. The van der Waals surface area contributed by atoms with E-state index in [-0.39, 0.29) is 24.3 Å². The number of piperidine rings is 1. The molecule has 7 heteroatoms. The molecule has 156 valence electrons. The average molecular weight is 407 g/mol. The van der Waals surface area contributed by atoms with Crippen LogP contribution >= 0.6 is 0 Å². The molecule has 0 bridgehead atoms. The number of hydrogen-bond acceptors (Lipinski definition) is 4. The van der Waals surface area contributed by atoms with Crippen molar-refractivity contribution in [1.82, 2.24) is 4.90 Å². The number of nitrogens with zero attached hydrogens (tertiary/aromatic N) is 2. The lowest BCUT2D eigenvalue weighted by Gasteiger charge is -2.34. The Bertz CT molecular complexity index is 957. The number of amides is 3. The Labute approximate surface area is 175 Å². The van der Waals surface area contributed by atoms with Crippen LogP contribution < -0.4 is 15.0 Å². The van der Waals surface area contributed by atoms with Crippen LogP contribution in [0.4, 0.5) is 11.4 Å². The first kappa shape index (κ1) is 19.9. The van der Waals surface area contributed by atoms with E-state index < -0.39 is 6.04 Å². The van der Waals surface area contributed by atoms with Gasteiger partial charge in [0.05, 0.1) is 17.9 Å². The molecule has 4 rings (SSSR count). The van der Waals surface area contributed by atoms with Crippen LogP contribution in [0.5, 0.6) is 5.75 Å². The van der Waals surface area contributed by atoms with E-state index in [1.165, 1.54) is 4.90 Å². The van der Waals surface area contributed by atoms with E-state index in [1.54, 1.807) is 53.4 Å². The summed E-state index contributed by atoms with van der Waals surface area (Å²) in [5.41, 5.74) is 1.57. The fourth-order valence-corrected chi connectivity index (χ4v) is 4.08. The summed E-state index contributed by atoms with van der Waals surface area (Å²) in [4.78, 5) is 42.3. The number of hydrogen-bond donors (Lipinski definition) is 1. The third kappa shape index (κ3) is 3.87. The SMILES string of the molecule is CCOc1ccc(NC(=O)CN2C(=O)C3CCCCN3C(=O)c3ccccc32)cc1. The van der Waals surface area contributed by atoms with Crippen molar-refractivity contribution in [2.24, 2.45) is 0 Å². The van der Waals surface area contributed by atoms with Crippen molar-refractivity contribution in [3.05, 3.63) is 54.1 Å². The maximum absolute atomic E-state index is 13.3. The molecular weight excluding hydrogens is 382 g/mol. The van der Waals surface area contributed by atoms with Crippen LogP contribution in [0, 0.1) is 0 Å². The van der Waals surface area contributed by atoms with Crippen LogP contribution in [0.2, 0.25) is 0 Å². The molecule has 1 N–H and O–H groups in total. The molecule has 0 aromatic heterocycles. The van der Waals surface area contributed by atoms with Gasteiger partial charge in [-0.3, -0.25) is 14.4 Å². The quantitative estimate of drug-likeness (QED) is 0.826. The molecule has 2 heterocycles. The predicted octanol–water partition coefficient (Wildman–Crippen LogP) is 3.07. The monoisotopic (exact) mass is 407 g/mol. The van der Waals surface area contributed by atoms with Crippen LogP contribution in [-0.2, 0) is 9.59 Å². The van der Waals surface area contributed by atoms with E-state index >= 15 is 0 Å². The average Bonchev–Trinajstić information content (AvgIpc) is 2.85. The second-order valence-electron chi connectivity index (χ2n) is 7.46. The lowest BCUT2D eigenvalue weighted by Crippen LogP contribution is -2.52. The van der Waals surface area contributed by atoms with Crippen molar-refractivity contribution in [1.29, 1.82) is 0 Å². The zero-order valence-electron chi connectivity index (χ0n) is 17.0. The summed E-state index contributed by atoms with van der Waals surface area (Å²) in [6, 6.07) is 13.6. The van der Waals surface area contributed by atoms with Crippen LogP contribution in [0.3, 0.4) is 0 Å². The lowest BCUT2D eigenvalue weighted by atomic mass is 10.0. The van der Waals surface area contributed by atoms with Crippen LogP contribution in [0.15, 0.2) is 48.5 Å². The largest absolute Gasteiger partial charge is 0.494 e. The Morgan fingerprint density at radius 1 is 1.10 bits per heavy atom. The molecule has 7 nitrogen and oxygen atoms in total. The highest BCUT2D eigenvalue weighted by Crippen LogP contribution is 2.31. The van der Waals surface area contributed by atoms with E-state index in [9.17, 15) is 14.4 Å². The summed E-state index contributed by atoms with van der Waals surface area (Å²) < 4.78 is 5.41. The van der Waals surface area contributed by atoms with Gasteiger partial charge in [-0.05, 0) is 62.6 Å². The predicted molar refractivity (Wildman–Crippen MR) is 114 cm³/mol. The number of ether oxygens (including phenoxy) is 1. The van der Waals surface area contributed by atoms with Gasteiger partial charge in [-0.25, -0.2) is 0 Å².